The van der Waals surface area contributed by atoms with E-state index in [2.05, 4.69) is 0 Å². The van der Waals surface area contributed by atoms with Crippen LogP contribution in [0.3, 0.4) is 0 Å². The Balaban J connectivity index is 2.15. The number of hydrogen-bond donors (Lipinski definition) is 2. The quantitative estimate of drug-likeness (QED) is 0.835. The molecule has 0 saturated carbocycles. The van der Waals surface area contributed by atoms with Gasteiger partial charge in [0.05, 0.1) is 7.11 Å². The van der Waals surface area contributed by atoms with E-state index in [1.54, 1.807) is 7.11 Å². The molecule has 2 rings (SSSR count). The first kappa shape index (κ1) is 16.0. The lowest BCUT2D eigenvalue weighted by atomic mass is 10.0. The zero-order chi connectivity index (χ0) is 15.2. The van der Waals surface area contributed by atoms with Crippen LogP contribution in [0.25, 0.3) is 0 Å². The molecule has 0 bridgehead atoms. The molecule has 5 nitrogen and oxygen atoms in total. The smallest absolute Gasteiger partial charge is 0.320 e. The second-order valence-electron chi connectivity index (χ2n) is 5.03. The van der Waals surface area contributed by atoms with Gasteiger partial charge in [-0.1, -0.05) is 12.1 Å². The third-order valence-electron chi connectivity index (χ3n) is 3.48. The molecule has 0 aliphatic carbocycles. The lowest BCUT2D eigenvalue weighted by Gasteiger charge is -2.24. The van der Waals surface area contributed by atoms with E-state index >= 15 is 0 Å². The summed E-state index contributed by atoms with van der Waals surface area (Å²) >= 11 is 1.94. The largest absolute Gasteiger partial charge is 0.493 e. The van der Waals surface area contributed by atoms with E-state index in [9.17, 15) is 4.79 Å². The van der Waals surface area contributed by atoms with Gasteiger partial charge in [-0.25, -0.2) is 0 Å². The number of carboxylic acid groups (broad SMARTS) is 1. The number of methoxy groups -OCH3 is 1. The van der Waals surface area contributed by atoms with E-state index < -0.39 is 12.0 Å². The van der Waals surface area contributed by atoms with Gasteiger partial charge in [0.15, 0.2) is 11.5 Å². The van der Waals surface area contributed by atoms with Crippen LogP contribution in [0.5, 0.6) is 11.5 Å². The van der Waals surface area contributed by atoms with E-state index in [-0.39, 0.29) is 12.5 Å². The summed E-state index contributed by atoms with van der Waals surface area (Å²) in [6, 6.07) is 4.58. The Hall–Kier alpha value is -1.40. The molecule has 0 aromatic heterocycles. The van der Waals surface area contributed by atoms with Gasteiger partial charge in [0.25, 0.3) is 0 Å². The van der Waals surface area contributed by atoms with Gasteiger partial charge < -0.3 is 20.3 Å². The molecular weight excluding hydrogens is 290 g/mol. The van der Waals surface area contributed by atoms with Crippen LogP contribution in [-0.4, -0.2) is 41.8 Å². The number of hydrogen-bond acceptors (Lipinski definition) is 5. The summed E-state index contributed by atoms with van der Waals surface area (Å²) in [4.78, 5) is 10.9. The number of carboxylic acids is 1. The predicted octanol–water partition coefficient (Wildman–Crippen LogP) is 1.92. The minimum Gasteiger partial charge on any atom is -0.493 e. The van der Waals surface area contributed by atoms with Crippen LogP contribution in [0, 0.1) is 0 Å². The maximum absolute atomic E-state index is 10.9. The van der Waals surface area contributed by atoms with Crippen molar-refractivity contribution in [2.75, 3.05) is 18.6 Å². The minimum absolute atomic E-state index is 0.198. The number of para-hydroxylation sites is 1. The highest BCUT2D eigenvalue weighted by atomic mass is 32.2. The number of carbonyl (C=O) groups is 1. The molecule has 6 heteroatoms. The van der Waals surface area contributed by atoms with Crippen molar-refractivity contribution in [2.24, 2.45) is 5.73 Å². The zero-order valence-corrected chi connectivity index (χ0v) is 12.9. The Morgan fingerprint density at radius 2 is 2.19 bits per heavy atom. The highest BCUT2D eigenvalue weighted by Crippen LogP contribution is 2.34. The van der Waals surface area contributed by atoms with Crippen LogP contribution in [0.2, 0.25) is 0 Å². The third kappa shape index (κ3) is 4.28. The van der Waals surface area contributed by atoms with Crippen LogP contribution in [0.4, 0.5) is 0 Å². The van der Waals surface area contributed by atoms with Crippen LogP contribution >= 0.6 is 11.8 Å². The van der Waals surface area contributed by atoms with Crippen molar-refractivity contribution in [1.82, 2.24) is 0 Å². The molecule has 1 fully saturated rings. The lowest BCUT2D eigenvalue weighted by Crippen LogP contribution is -2.32. The fraction of sp³-hybridized carbons (Fsp3) is 0.533. The van der Waals surface area contributed by atoms with Crippen molar-refractivity contribution in [2.45, 2.75) is 31.4 Å². The molecule has 0 spiro atoms. The summed E-state index contributed by atoms with van der Waals surface area (Å²) in [5, 5.41) is 8.94. The number of benzene rings is 1. The Labute approximate surface area is 128 Å². The molecule has 0 amide bonds. The van der Waals surface area contributed by atoms with Crippen LogP contribution in [0.1, 0.15) is 18.4 Å². The first-order chi connectivity index (χ1) is 10.1. The average Bonchev–Trinajstić information content (AvgIpc) is 2.48. The number of rotatable bonds is 6. The summed E-state index contributed by atoms with van der Waals surface area (Å²) in [5.74, 6) is 2.46. The van der Waals surface area contributed by atoms with Crippen molar-refractivity contribution in [3.63, 3.8) is 0 Å². The SMILES string of the molecule is COc1c(CC(N)C(=O)O)cccc1OC1CCSCC1. The monoisotopic (exact) mass is 311 g/mol. The van der Waals surface area contributed by atoms with E-state index in [0.717, 1.165) is 29.9 Å². The molecule has 0 radical (unpaired) electrons. The molecule has 1 unspecified atom stereocenters. The minimum atomic E-state index is -1.02. The van der Waals surface area contributed by atoms with Crippen molar-refractivity contribution in [3.05, 3.63) is 23.8 Å². The number of ether oxygens (including phenoxy) is 2. The fourth-order valence-corrected chi connectivity index (χ4v) is 3.41. The Bertz CT molecular complexity index is 489. The van der Waals surface area contributed by atoms with Crippen LogP contribution < -0.4 is 15.2 Å². The topological polar surface area (TPSA) is 81.8 Å². The second kappa shape index (κ2) is 7.56. The maximum atomic E-state index is 10.9. The van der Waals surface area contributed by atoms with E-state index in [4.69, 9.17) is 20.3 Å². The second-order valence-corrected chi connectivity index (χ2v) is 6.25. The zero-order valence-electron chi connectivity index (χ0n) is 12.1. The summed E-state index contributed by atoms with van der Waals surface area (Å²) in [6.07, 6.45) is 2.46. The van der Waals surface area contributed by atoms with E-state index in [1.165, 1.54) is 0 Å². The van der Waals surface area contributed by atoms with E-state index in [0.29, 0.717) is 11.5 Å². The Morgan fingerprint density at radius 3 is 2.81 bits per heavy atom. The number of aliphatic carboxylic acids is 1. The summed E-state index contributed by atoms with van der Waals surface area (Å²) in [6.45, 7) is 0. The van der Waals surface area contributed by atoms with Crippen molar-refractivity contribution in [1.29, 1.82) is 0 Å². The van der Waals surface area contributed by atoms with Gasteiger partial charge in [0, 0.05) is 12.0 Å². The highest BCUT2D eigenvalue weighted by molar-refractivity contribution is 7.99. The molecule has 1 atom stereocenters. The van der Waals surface area contributed by atoms with Crippen molar-refractivity contribution < 1.29 is 19.4 Å². The van der Waals surface area contributed by atoms with Gasteiger partial charge in [-0.15, -0.1) is 0 Å². The van der Waals surface area contributed by atoms with Gasteiger partial charge in [-0.05, 0) is 30.4 Å². The molecule has 3 N–H and O–H groups in total. The fourth-order valence-electron chi connectivity index (χ4n) is 2.34. The standard InChI is InChI=1S/C15H21NO4S/c1-19-14-10(9-12(16)15(17)18)3-2-4-13(14)20-11-5-7-21-8-6-11/h2-4,11-12H,5-9,16H2,1H3,(H,17,18). The summed E-state index contributed by atoms with van der Waals surface area (Å²) in [5.41, 5.74) is 6.37. The molecular formula is C15H21NO4S. The van der Waals surface area contributed by atoms with Gasteiger partial charge in [0.2, 0.25) is 0 Å². The summed E-state index contributed by atoms with van der Waals surface area (Å²) < 4.78 is 11.5. The Kier molecular flexibility index (Phi) is 5.76. The molecule has 21 heavy (non-hydrogen) atoms. The van der Waals surface area contributed by atoms with Gasteiger partial charge >= 0.3 is 5.97 Å². The molecule has 1 saturated heterocycles. The average molecular weight is 311 g/mol. The summed E-state index contributed by atoms with van der Waals surface area (Å²) in [7, 11) is 1.56. The normalized spacial score (nSPS) is 17.2. The first-order valence-corrected chi connectivity index (χ1v) is 8.16. The first-order valence-electron chi connectivity index (χ1n) is 7.00. The highest BCUT2D eigenvalue weighted by Gasteiger charge is 2.20. The number of thioether (sulfide) groups is 1. The molecule has 1 aromatic rings. The molecule has 1 heterocycles. The van der Waals surface area contributed by atoms with Crippen molar-refractivity contribution >= 4 is 17.7 Å². The van der Waals surface area contributed by atoms with Gasteiger partial charge in [-0.2, -0.15) is 11.8 Å². The molecule has 1 aliphatic heterocycles. The van der Waals surface area contributed by atoms with Gasteiger partial charge in [-0.3, -0.25) is 4.79 Å². The van der Waals surface area contributed by atoms with E-state index in [1.807, 2.05) is 30.0 Å². The number of nitrogens with two attached hydrogens (primary N) is 1. The van der Waals surface area contributed by atoms with Crippen LogP contribution in [0.15, 0.2) is 18.2 Å². The lowest BCUT2D eigenvalue weighted by molar-refractivity contribution is -0.138. The predicted molar refractivity (Wildman–Crippen MR) is 83.3 cm³/mol. The van der Waals surface area contributed by atoms with Gasteiger partial charge in [0.1, 0.15) is 12.1 Å². The Morgan fingerprint density at radius 1 is 1.48 bits per heavy atom. The third-order valence-corrected chi connectivity index (χ3v) is 4.53. The molecule has 116 valence electrons. The maximum Gasteiger partial charge on any atom is 0.320 e. The van der Waals surface area contributed by atoms with Crippen molar-refractivity contribution in [3.8, 4) is 11.5 Å². The van der Waals surface area contributed by atoms with Crippen LogP contribution in [-0.2, 0) is 11.2 Å². The molecule has 1 aromatic carbocycles. The molecule has 1 aliphatic rings.